The van der Waals surface area contributed by atoms with Gasteiger partial charge in [0, 0.05) is 14.7 Å². The minimum absolute atomic E-state index is 0.0734. The van der Waals surface area contributed by atoms with Gasteiger partial charge in [-0.1, -0.05) is 143 Å². The van der Waals surface area contributed by atoms with Crippen molar-refractivity contribution in [2.75, 3.05) is 0 Å². The number of nitrogens with zero attached hydrogens (tertiary/aromatic N) is 9. The minimum Gasteiger partial charge on any atom is -0.370 e. The molecular formula is C41H43N9O6. The summed E-state index contributed by atoms with van der Waals surface area (Å²) in [5, 5.41) is 12.4. The Hall–Kier alpha value is -5.69. The van der Waals surface area contributed by atoms with E-state index in [1.807, 2.05) is 121 Å². The predicted molar refractivity (Wildman–Crippen MR) is 207 cm³/mol. The fourth-order valence-electron chi connectivity index (χ4n) is 7.00. The van der Waals surface area contributed by atoms with Crippen LogP contribution < -0.4 is 0 Å². The van der Waals surface area contributed by atoms with Crippen molar-refractivity contribution < 1.29 is 28.4 Å². The number of azide groups is 3. The summed E-state index contributed by atoms with van der Waals surface area (Å²) in [6.07, 6.45) is -4.90. The molecule has 1 aliphatic heterocycles. The molecule has 1 saturated heterocycles. The molecule has 2 fully saturated rings. The molecule has 1 saturated carbocycles. The summed E-state index contributed by atoms with van der Waals surface area (Å²) in [5.41, 5.74) is 32.9. The van der Waals surface area contributed by atoms with Crippen molar-refractivity contribution in [1.29, 1.82) is 0 Å². The Morgan fingerprint density at radius 1 is 0.536 bits per heavy atom. The number of hydrogen-bond donors (Lipinski definition) is 0. The van der Waals surface area contributed by atoms with Gasteiger partial charge in [-0.15, -0.1) is 6.58 Å². The summed E-state index contributed by atoms with van der Waals surface area (Å²) >= 11 is 0. The number of benzene rings is 4. The molecule has 0 aromatic heterocycles. The maximum Gasteiger partial charge on any atom is 0.170 e. The summed E-state index contributed by atoms with van der Waals surface area (Å²) < 4.78 is 39.5. The minimum atomic E-state index is -1.26. The molecule has 4 aromatic rings. The van der Waals surface area contributed by atoms with Gasteiger partial charge < -0.3 is 28.4 Å². The van der Waals surface area contributed by atoms with Gasteiger partial charge >= 0.3 is 0 Å². The highest BCUT2D eigenvalue weighted by atomic mass is 16.7. The van der Waals surface area contributed by atoms with E-state index in [9.17, 15) is 16.6 Å². The van der Waals surface area contributed by atoms with Gasteiger partial charge in [-0.2, -0.15) is 0 Å². The van der Waals surface area contributed by atoms with Crippen LogP contribution in [0.1, 0.15) is 28.7 Å². The third-order valence-corrected chi connectivity index (χ3v) is 9.69. The first-order valence-corrected chi connectivity index (χ1v) is 18.3. The summed E-state index contributed by atoms with van der Waals surface area (Å²) in [6.45, 7) is 4.72. The molecule has 0 radical (unpaired) electrons. The molecular weight excluding hydrogens is 715 g/mol. The Bertz CT molecular complexity index is 1960. The Balaban J connectivity index is 1.36. The topological polar surface area (TPSA) is 202 Å². The zero-order valence-electron chi connectivity index (χ0n) is 30.6. The van der Waals surface area contributed by atoms with Crippen LogP contribution in [0.25, 0.3) is 31.3 Å². The smallest absolute Gasteiger partial charge is 0.170 e. The van der Waals surface area contributed by atoms with Crippen LogP contribution in [-0.2, 0) is 54.8 Å². The number of rotatable bonds is 18. The van der Waals surface area contributed by atoms with E-state index in [1.54, 1.807) is 6.08 Å². The molecule has 15 nitrogen and oxygen atoms in total. The van der Waals surface area contributed by atoms with E-state index in [0.717, 1.165) is 22.3 Å². The second-order valence-corrected chi connectivity index (χ2v) is 13.3. The molecule has 1 heterocycles. The van der Waals surface area contributed by atoms with Crippen LogP contribution in [0, 0.1) is 0 Å². The van der Waals surface area contributed by atoms with Crippen LogP contribution in [0.4, 0.5) is 0 Å². The maximum absolute atomic E-state index is 9.95. The highest BCUT2D eigenvalue weighted by Crippen LogP contribution is 2.37. The fraction of sp³-hybridized carbons (Fsp3) is 0.366. The molecule has 56 heavy (non-hydrogen) atoms. The molecule has 0 N–H and O–H groups in total. The van der Waals surface area contributed by atoms with Crippen molar-refractivity contribution in [3.63, 3.8) is 0 Å². The van der Waals surface area contributed by atoms with Crippen molar-refractivity contribution in [3.05, 3.63) is 188 Å². The second-order valence-electron chi connectivity index (χ2n) is 13.3. The van der Waals surface area contributed by atoms with E-state index in [1.165, 1.54) is 0 Å². The van der Waals surface area contributed by atoms with E-state index < -0.39 is 61.0 Å². The van der Waals surface area contributed by atoms with Crippen LogP contribution in [0.2, 0.25) is 0 Å². The lowest BCUT2D eigenvalue weighted by Crippen LogP contribution is -2.63. The zero-order valence-corrected chi connectivity index (χ0v) is 30.6. The second kappa shape index (κ2) is 20.8. The first kappa shape index (κ1) is 40.0. The Labute approximate surface area is 324 Å². The number of ether oxygens (including phenoxy) is 6. The van der Waals surface area contributed by atoms with Crippen LogP contribution >= 0.6 is 0 Å². The van der Waals surface area contributed by atoms with E-state index in [4.69, 9.17) is 28.4 Å². The molecule has 288 valence electrons. The first-order valence-electron chi connectivity index (χ1n) is 18.3. The van der Waals surface area contributed by atoms with E-state index in [-0.39, 0.29) is 32.8 Å². The van der Waals surface area contributed by atoms with E-state index in [0.29, 0.717) is 0 Å². The molecule has 6 rings (SSSR count). The van der Waals surface area contributed by atoms with Crippen LogP contribution in [0.5, 0.6) is 0 Å². The van der Waals surface area contributed by atoms with Crippen molar-refractivity contribution >= 4 is 0 Å². The lowest BCUT2D eigenvalue weighted by Gasteiger charge is -2.48. The summed E-state index contributed by atoms with van der Waals surface area (Å²) in [6, 6.07) is 35.5. The molecule has 15 heteroatoms. The molecule has 0 amide bonds. The molecule has 0 spiro atoms. The van der Waals surface area contributed by atoms with Gasteiger partial charge in [0.05, 0.1) is 50.7 Å². The van der Waals surface area contributed by atoms with Gasteiger partial charge in [0.15, 0.2) is 6.29 Å². The quantitative estimate of drug-likeness (QED) is 0.0419. The van der Waals surface area contributed by atoms with Gasteiger partial charge in [-0.3, -0.25) is 0 Å². The Kier molecular flexibility index (Phi) is 14.9. The van der Waals surface area contributed by atoms with E-state index in [2.05, 4.69) is 36.7 Å². The summed E-state index contributed by atoms with van der Waals surface area (Å²) in [5.74, 6) is 0. The SMILES string of the molecule is C=CC1O[C@H](O[C@@H]2C(N=[N+]=[N-])CC(N=[N+]=[N-])C(OCc3ccccc3)C2OCc2ccccc2)C(N=[N+]=[N-])C(OCc2ccccc2)[C@@H]1OCc1ccccc1. The third kappa shape index (κ3) is 10.5. The van der Waals surface area contributed by atoms with Gasteiger partial charge in [0.2, 0.25) is 0 Å². The maximum atomic E-state index is 9.95. The molecule has 0 bridgehead atoms. The van der Waals surface area contributed by atoms with Gasteiger partial charge in [0.25, 0.3) is 0 Å². The number of hydrogen-bond acceptors (Lipinski definition) is 9. The lowest BCUT2D eigenvalue weighted by atomic mass is 9.83. The zero-order chi connectivity index (χ0) is 39.0. The Morgan fingerprint density at radius 3 is 1.36 bits per heavy atom. The highest BCUT2D eigenvalue weighted by molar-refractivity contribution is 5.17. The van der Waals surface area contributed by atoms with Gasteiger partial charge in [0.1, 0.15) is 30.5 Å². The van der Waals surface area contributed by atoms with Gasteiger partial charge in [-0.25, -0.2) is 0 Å². The molecule has 10 atom stereocenters. The largest absolute Gasteiger partial charge is 0.370 e. The summed E-state index contributed by atoms with van der Waals surface area (Å²) in [4.78, 5) is 9.42. The normalized spacial score (nSPS) is 27.1. The Morgan fingerprint density at radius 2 is 0.929 bits per heavy atom. The molecule has 4 aromatic carbocycles. The first-order chi connectivity index (χ1) is 27.6. The average molecular weight is 758 g/mol. The highest BCUT2D eigenvalue weighted by Gasteiger charge is 2.52. The van der Waals surface area contributed by atoms with Crippen molar-refractivity contribution in [2.24, 2.45) is 15.3 Å². The van der Waals surface area contributed by atoms with Gasteiger partial charge in [-0.05, 0) is 45.3 Å². The van der Waals surface area contributed by atoms with Crippen molar-refractivity contribution in [3.8, 4) is 0 Å². The average Bonchev–Trinajstić information content (AvgIpc) is 3.24. The standard InChI is InChI=1S/C41H43N9O6/c1-2-34-38(52-25-29-17-9-4-10-18-29)39(53-26-30-19-11-5-12-20-30)35(47-50-44)41(55-34)56-37-33(46-49-43)23-32(45-48-42)36(51-24-28-15-7-3-8-16-28)40(37)54-27-31-21-13-6-14-22-31/h2-22,32-41H,1,23-27H2/t32?,33?,34?,35?,36?,37-,38-,39?,40?,41-/m1/s1. The van der Waals surface area contributed by atoms with Crippen LogP contribution in [0.3, 0.4) is 0 Å². The monoisotopic (exact) mass is 757 g/mol. The molecule has 7 unspecified atom stereocenters. The lowest BCUT2D eigenvalue weighted by molar-refractivity contribution is -0.299. The molecule has 2 aliphatic rings. The summed E-state index contributed by atoms with van der Waals surface area (Å²) in [7, 11) is 0. The predicted octanol–water partition coefficient (Wildman–Crippen LogP) is 9.06. The van der Waals surface area contributed by atoms with Crippen molar-refractivity contribution in [1.82, 2.24) is 0 Å². The van der Waals surface area contributed by atoms with E-state index >= 15 is 0 Å². The third-order valence-electron chi connectivity index (χ3n) is 9.69. The van der Waals surface area contributed by atoms with Crippen LogP contribution in [-0.4, -0.2) is 61.0 Å². The van der Waals surface area contributed by atoms with Crippen molar-refractivity contribution in [2.45, 2.75) is 93.9 Å². The fourth-order valence-corrected chi connectivity index (χ4v) is 7.00. The van der Waals surface area contributed by atoms with Crippen LogP contribution in [0.15, 0.2) is 149 Å². The molecule has 1 aliphatic carbocycles.